The van der Waals surface area contributed by atoms with E-state index in [2.05, 4.69) is 27.0 Å². The Labute approximate surface area is 209 Å². The number of nitrogens with zero attached hydrogens (tertiary/aromatic N) is 1. The summed E-state index contributed by atoms with van der Waals surface area (Å²) in [4.78, 5) is 41.8. The number of anilines is 1. The van der Waals surface area contributed by atoms with Crippen molar-refractivity contribution in [1.82, 2.24) is 15.6 Å². The zero-order valence-electron chi connectivity index (χ0n) is 20.4. The Morgan fingerprint density at radius 1 is 1.14 bits per heavy atom. The van der Waals surface area contributed by atoms with Gasteiger partial charge in [0.05, 0.1) is 19.1 Å². The predicted octanol–water partition coefficient (Wildman–Crippen LogP) is 3.46. The second-order valence-corrected chi connectivity index (χ2v) is 9.32. The van der Waals surface area contributed by atoms with Gasteiger partial charge in [-0.2, -0.15) is 5.26 Å². The number of fused-ring (bicyclic) bond motifs is 2. The number of para-hydroxylation sites is 1. The number of benzene rings is 2. The second-order valence-electron chi connectivity index (χ2n) is 9.32. The highest BCUT2D eigenvalue weighted by Gasteiger charge is 2.34. The summed E-state index contributed by atoms with van der Waals surface area (Å²) in [6.45, 7) is 3.89. The lowest BCUT2D eigenvalue weighted by atomic mass is 9.93. The number of rotatable bonds is 9. The third-order valence-corrected chi connectivity index (χ3v) is 6.27. The van der Waals surface area contributed by atoms with Crippen LogP contribution in [-0.4, -0.2) is 41.9 Å². The third-order valence-electron chi connectivity index (χ3n) is 6.27. The smallest absolute Gasteiger partial charge is 0.268 e. The molecule has 3 amide bonds. The van der Waals surface area contributed by atoms with Gasteiger partial charge >= 0.3 is 0 Å². The third kappa shape index (κ3) is 5.18. The molecule has 0 spiro atoms. The van der Waals surface area contributed by atoms with E-state index < -0.39 is 29.8 Å². The molecule has 0 radical (unpaired) electrons. The van der Waals surface area contributed by atoms with Crippen LogP contribution >= 0.6 is 0 Å². The number of amides is 3. The molecule has 0 aliphatic carbocycles. The number of hydrogen-bond acceptors (Lipinski definition) is 5. The van der Waals surface area contributed by atoms with Gasteiger partial charge < -0.3 is 25.7 Å². The van der Waals surface area contributed by atoms with Crippen molar-refractivity contribution in [3.05, 3.63) is 59.8 Å². The summed E-state index contributed by atoms with van der Waals surface area (Å²) < 4.78 is 5.36. The molecule has 1 aromatic heterocycles. The summed E-state index contributed by atoms with van der Waals surface area (Å²) in [6, 6.07) is 14.8. The fraction of sp³-hybridized carbons (Fsp3) is 0.333. The minimum absolute atomic E-state index is 0.108. The van der Waals surface area contributed by atoms with Crippen LogP contribution in [0, 0.1) is 17.2 Å². The van der Waals surface area contributed by atoms with Crippen LogP contribution in [0.3, 0.4) is 0 Å². The molecular formula is C27H29N5O4. The van der Waals surface area contributed by atoms with E-state index in [0.29, 0.717) is 17.9 Å². The predicted molar refractivity (Wildman–Crippen MR) is 136 cm³/mol. The van der Waals surface area contributed by atoms with Crippen LogP contribution < -0.4 is 20.7 Å². The van der Waals surface area contributed by atoms with Gasteiger partial charge in [-0.15, -0.1) is 0 Å². The van der Waals surface area contributed by atoms with Crippen molar-refractivity contribution in [2.75, 3.05) is 12.4 Å². The van der Waals surface area contributed by atoms with Crippen LogP contribution in [0.2, 0.25) is 0 Å². The Balaban J connectivity index is 1.47. The van der Waals surface area contributed by atoms with Crippen molar-refractivity contribution < 1.29 is 19.1 Å². The van der Waals surface area contributed by atoms with Crippen LogP contribution in [-0.2, 0) is 9.59 Å². The van der Waals surface area contributed by atoms with Gasteiger partial charge in [-0.25, -0.2) is 0 Å². The summed E-state index contributed by atoms with van der Waals surface area (Å²) >= 11 is 0. The summed E-state index contributed by atoms with van der Waals surface area (Å²) in [5.74, 6) is -0.904. The molecule has 4 rings (SSSR count). The van der Waals surface area contributed by atoms with Gasteiger partial charge in [0, 0.05) is 16.6 Å². The lowest BCUT2D eigenvalue weighted by Crippen LogP contribution is -2.50. The molecule has 186 valence electrons. The molecule has 1 aliphatic heterocycles. The highest BCUT2D eigenvalue weighted by atomic mass is 16.5. The van der Waals surface area contributed by atoms with Crippen LogP contribution in [0.5, 0.6) is 5.75 Å². The average molecular weight is 488 g/mol. The van der Waals surface area contributed by atoms with Crippen molar-refractivity contribution in [2.45, 2.75) is 44.7 Å². The normalized spacial score (nSPS) is 16.1. The van der Waals surface area contributed by atoms with Crippen molar-refractivity contribution in [2.24, 2.45) is 5.92 Å². The van der Waals surface area contributed by atoms with Crippen LogP contribution in [0.4, 0.5) is 5.69 Å². The minimum atomic E-state index is -0.900. The van der Waals surface area contributed by atoms with E-state index >= 15 is 0 Å². The standard InChI is InChI=1S/C27H29N5O4/c1-15(2)11-22(32-27(35)23-13-19-21(30-23)9-6-10-24(19)36-3)26(34)29-16(14-28)12-18-17-7-4-5-8-20(17)31-25(18)33/h4-10,13,15-16,18,22,30H,11-12H2,1-3H3,(H,29,34)(H,31,33)(H,32,35). The first-order valence-electron chi connectivity index (χ1n) is 11.9. The molecule has 2 aromatic carbocycles. The van der Waals surface area contributed by atoms with E-state index in [9.17, 15) is 19.6 Å². The highest BCUT2D eigenvalue weighted by molar-refractivity contribution is 6.03. The minimum Gasteiger partial charge on any atom is -0.496 e. The molecule has 1 aliphatic rings. The van der Waals surface area contributed by atoms with E-state index in [1.165, 1.54) is 0 Å². The zero-order chi connectivity index (χ0) is 25.8. The lowest BCUT2D eigenvalue weighted by Gasteiger charge is -2.22. The number of nitriles is 1. The fourth-order valence-corrected chi connectivity index (χ4v) is 4.53. The van der Waals surface area contributed by atoms with Crippen LogP contribution in [0.1, 0.15) is 48.7 Å². The summed E-state index contributed by atoms with van der Waals surface area (Å²) in [5, 5.41) is 18.8. The molecule has 9 nitrogen and oxygen atoms in total. The molecule has 3 atom stereocenters. The van der Waals surface area contributed by atoms with Gasteiger partial charge in [0.2, 0.25) is 11.8 Å². The monoisotopic (exact) mass is 487 g/mol. The highest BCUT2D eigenvalue weighted by Crippen LogP contribution is 2.35. The molecule has 4 N–H and O–H groups in total. The zero-order valence-corrected chi connectivity index (χ0v) is 20.4. The van der Waals surface area contributed by atoms with Crippen LogP contribution in [0.15, 0.2) is 48.5 Å². The Kier molecular flexibility index (Phi) is 7.25. The molecule has 2 heterocycles. The second kappa shape index (κ2) is 10.5. The number of carbonyl (C=O) groups excluding carboxylic acids is 3. The van der Waals surface area contributed by atoms with Crippen molar-refractivity contribution in [1.29, 1.82) is 5.26 Å². The maximum atomic E-state index is 13.2. The number of methoxy groups -OCH3 is 1. The number of carbonyl (C=O) groups is 3. The topological polar surface area (TPSA) is 136 Å². The number of aromatic nitrogens is 1. The first-order chi connectivity index (χ1) is 17.3. The van der Waals surface area contributed by atoms with E-state index in [4.69, 9.17) is 4.74 Å². The molecule has 3 unspecified atom stereocenters. The van der Waals surface area contributed by atoms with Gasteiger partial charge in [-0.1, -0.05) is 38.1 Å². The van der Waals surface area contributed by atoms with Crippen molar-refractivity contribution in [3.8, 4) is 11.8 Å². The van der Waals surface area contributed by atoms with Gasteiger partial charge in [0.25, 0.3) is 5.91 Å². The first kappa shape index (κ1) is 24.8. The van der Waals surface area contributed by atoms with E-state index in [0.717, 1.165) is 22.2 Å². The number of hydrogen-bond donors (Lipinski definition) is 4. The number of aromatic amines is 1. The van der Waals surface area contributed by atoms with Crippen LogP contribution in [0.25, 0.3) is 10.9 Å². The number of nitrogens with one attached hydrogen (secondary N) is 4. The Hall–Kier alpha value is -4.32. The molecular weight excluding hydrogens is 458 g/mol. The van der Waals surface area contributed by atoms with E-state index in [1.54, 1.807) is 25.3 Å². The SMILES string of the molecule is COc1cccc2[nH]c(C(=O)NC(CC(C)C)C(=O)NC(C#N)CC3C(=O)Nc4ccccc43)cc12. The lowest BCUT2D eigenvalue weighted by molar-refractivity contribution is -0.124. The molecule has 0 fully saturated rings. The quantitative estimate of drug-likeness (QED) is 0.366. The molecule has 0 saturated carbocycles. The largest absolute Gasteiger partial charge is 0.496 e. The molecule has 0 saturated heterocycles. The maximum absolute atomic E-state index is 13.2. The van der Waals surface area contributed by atoms with E-state index in [-0.39, 0.29) is 18.2 Å². The fourth-order valence-electron chi connectivity index (χ4n) is 4.53. The van der Waals surface area contributed by atoms with Gasteiger partial charge in [0.1, 0.15) is 23.5 Å². The molecule has 36 heavy (non-hydrogen) atoms. The van der Waals surface area contributed by atoms with Crippen molar-refractivity contribution in [3.63, 3.8) is 0 Å². The number of H-pyrrole nitrogens is 1. The maximum Gasteiger partial charge on any atom is 0.268 e. The number of ether oxygens (including phenoxy) is 1. The molecule has 0 bridgehead atoms. The van der Waals surface area contributed by atoms with Gasteiger partial charge in [0.15, 0.2) is 0 Å². The van der Waals surface area contributed by atoms with Crippen molar-refractivity contribution >= 4 is 34.3 Å². The Morgan fingerprint density at radius 2 is 1.92 bits per heavy atom. The molecule has 3 aromatic rings. The Morgan fingerprint density at radius 3 is 2.64 bits per heavy atom. The average Bonchev–Trinajstić information content (AvgIpc) is 3.43. The van der Waals surface area contributed by atoms with Gasteiger partial charge in [-0.05, 0) is 48.6 Å². The first-order valence-corrected chi connectivity index (χ1v) is 11.9. The van der Waals surface area contributed by atoms with E-state index in [1.807, 2.05) is 44.2 Å². The summed E-state index contributed by atoms with van der Waals surface area (Å²) in [7, 11) is 1.56. The van der Waals surface area contributed by atoms with Gasteiger partial charge in [-0.3, -0.25) is 14.4 Å². The summed E-state index contributed by atoms with van der Waals surface area (Å²) in [5.41, 5.74) is 2.56. The summed E-state index contributed by atoms with van der Waals surface area (Å²) in [6.07, 6.45) is 0.515. The Bertz CT molecular complexity index is 1340. The molecule has 9 heteroatoms.